The van der Waals surface area contributed by atoms with Crippen molar-refractivity contribution in [3.63, 3.8) is 0 Å². The third kappa shape index (κ3) is 2.91. The quantitative estimate of drug-likeness (QED) is 0.565. The molecular weight excluding hydrogens is 318 g/mol. The highest BCUT2D eigenvalue weighted by atomic mass is 35.5. The van der Waals surface area contributed by atoms with Crippen LogP contribution >= 0.6 is 57.7 Å². The molecule has 0 aliphatic rings. The summed E-state index contributed by atoms with van der Waals surface area (Å²) in [7, 11) is 0. The molecule has 0 fully saturated rings. The van der Waals surface area contributed by atoms with Crippen LogP contribution in [0.25, 0.3) is 0 Å². The third-order valence-corrected chi connectivity index (χ3v) is 4.86. The van der Waals surface area contributed by atoms with Gasteiger partial charge in [0.15, 0.2) is 0 Å². The van der Waals surface area contributed by atoms with Crippen LogP contribution in [0, 0.1) is 6.92 Å². The molecule has 1 atom stereocenters. The van der Waals surface area contributed by atoms with Crippen LogP contribution in [0.2, 0.25) is 13.7 Å². The lowest BCUT2D eigenvalue weighted by atomic mass is 10.0. The molecule has 0 amide bonds. The van der Waals surface area contributed by atoms with Gasteiger partial charge in [-0.25, -0.2) is 0 Å². The lowest BCUT2D eigenvalue weighted by Crippen LogP contribution is -1.92. The second-order valence-corrected chi connectivity index (χ2v) is 6.78. The molecule has 2 rings (SSSR count). The smallest absolute Gasteiger partial charge is 0.0994 e. The maximum Gasteiger partial charge on any atom is 0.0994 e. The molecule has 1 aromatic carbocycles. The minimum atomic E-state index is -0.304. The molecule has 0 spiro atoms. The molecule has 0 aliphatic carbocycles. The van der Waals surface area contributed by atoms with E-state index in [2.05, 4.69) is 0 Å². The third-order valence-electron chi connectivity index (χ3n) is 2.43. The monoisotopic (exact) mass is 324 g/mol. The molecule has 1 heterocycles. The molecule has 2 aromatic rings. The standard InChI is InChI=1S/C12H8Cl4S/c1-6-4-7(2-3-9(6)13)11(15)8-5-10(14)17-12(8)16/h2-5,11H,1H3. The van der Waals surface area contributed by atoms with E-state index in [0.717, 1.165) is 21.7 Å². The molecule has 1 aromatic heterocycles. The molecule has 0 N–H and O–H groups in total. The summed E-state index contributed by atoms with van der Waals surface area (Å²) < 4.78 is 1.27. The van der Waals surface area contributed by atoms with E-state index in [1.165, 1.54) is 11.3 Å². The van der Waals surface area contributed by atoms with Crippen molar-refractivity contribution in [3.8, 4) is 0 Å². The summed E-state index contributed by atoms with van der Waals surface area (Å²) in [4.78, 5) is 0. The molecule has 0 nitrogen and oxygen atoms in total. The minimum Gasteiger partial charge on any atom is -0.113 e. The predicted molar refractivity (Wildman–Crippen MR) is 78.2 cm³/mol. The highest BCUT2D eigenvalue weighted by Gasteiger charge is 2.17. The Morgan fingerprint density at radius 1 is 1.12 bits per heavy atom. The normalized spacial score (nSPS) is 12.8. The fourth-order valence-corrected chi connectivity index (χ4v) is 3.61. The summed E-state index contributed by atoms with van der Waals surface area (Å²) in [5.74, 6) is 0. The second kappa shape index (κ2) is 5.38. The first kappa shape index (κ1) is 13.5. The van der Waals surface area contributed by atoms with Gasteiger partial charge in [0.1, 0.15) is 0 Å². The molecule has 90 valence electrons. The summed E-state index contributed by atoms with van der Waals surface area (Å²) in [5, 5.41) is 0.425. The van der Waals surface area contributed by atoms with Crippen molar-refractivity contribution >= 4 is 57.7 Å². The van der Waals surface area contributed by atoms with E-state index in [0.29, 0.717) is 8.67 Å². The number of alkyl halides is 1. The van der Waals surface area contributed by atoms with Crippen LogP contribution in [0.5, 0.6) is 0 Å². The van der Waals surface area contributed by atoms with Gasteiger partial charge in [-0.1, -0.05) is 46.9 Å². The lowest BCUT2D eigenvalue weighted by Gasteiger charge is -2.10. The van der Waals surface area contributed by atoms with Crippen molar-refractivity contribution in [2.75, 3.05) is 0 Å². The number of rotatable bonds is 2. The highest BCUT2D eigenvalue weighted by molar-refractivity contribution is 7.20. The topological polar surface area (TPSA) is 0 Å². The zero-order valence-corrected chi connectivity index (χ0v) is 12.6. The van der Waals surface area contributed by atoms with Gasteiger partial charge in [0, 0.05) is 10.6 Å². The van der Waals surface area contributed by atoms with E-state index in [-0.39, 0.29) is 5.38 Å². The molecule has 0 aliphatic heterocycles. The predicted octanol–water partition coefficient (Wildman–Crippen LogP) is 6.34. The maximum atomic E-state index is 6.40. The summed E-state index contributed by atoms with van der Waals surface area (Å²) in [6.07, 6.45) is 0. The summed E-state index contributed by atoms with van der Waals surface area (Å²) >= 11 is 25.7. The van der Waals surface area contributed by atoms with Crippen LogP contribution in [0.4, 0.5) is 0 Å². The Morgan fingerprint density at radius 3 is 2.35 bits per heavy atom. The van der Waals surface area contributed by atoms with Crippen molar-refractivity contribution in [3.05, 3.63) is 54.7 Å². The van der Waals surface area contributed by atoms with Crippen molar-refractivity contribution in [1.29, 1.82) is 0 Å². The van der Waals surface area contributed by atoms with Gasteiger partial charge in [0.2, 0.25) is 0 Å². The average Bonchev–Trinajstić information content (AvgIpc) is 2.61. The van der Waals surface area contributed by atoms with E-state index in [1.54, 1.807) is 6.07 Å². The van der Waals surface area contributed by atoms with Gasteiger partial charge in [0.25, 0.3) is 0 Å². The van der Waals surface area contributed by atoms with Gasteiger partial charge >= 0.3 is 0 Å². The first-order valence-electron chi connectivity index (χ1n) is 4.84. The maximum absolute atomic E-state index is 6.40. The molecule has 0 bridgehead atoms. The Hall–Kier alpha value is 0.0800. The van der Waals surface area contributed by atoms with Gasteiger partial charge in [-0.15, -0.1) is 22.9 Å². The van der Waals surface area contributed by atoms with Crippen LogP contribution in [0.3, 0.4) is 0 Å². The van der Waals surface area contributed by atoms with Gasteiger partial charge in [-0.2, -0.15) is 0 Å². The van der Waals surface area contributed by atoms with E-state index in [9.17, 15) is 0 Å². The second-order valence-electron chi connectivity index (χ2n) is 3.65. The van der Waals surface area contributed by atoms with Crippen molar-refractivity contribution in [2.45, 2.75) is 12.3 Å². The largest absolute Gasteiger partial charge is 0.113 e. The van der Waals surface area contributed by atoms with E-state index < -0.39 is 0 Å². The van der Waals surface area contributed by atoms with E-state index in [4.69, 9.17) is 46.4 Å². The Bertz CT molecular complexity index is 547. The number of benzene rings is 1. The molecule has 0 saturated carbocycles. The summed E-state index contributed by atoms with van der Waals surface area (Å²) in [6.45, 7) is 1.94. The van der Waals surface area contributed by atoms with Crippen molar-refractivity contribution in [1.82, 2.24) is 0 Å². The molecule has 17 heavy (non-hydrogen) atoms. The Balaban J connectivity index is 2.40. The van der Waals surface area contributed by atoms with Gasteiger partial charge < -0.3 is 0 Å². The van der Waals surface area contributed by atoms with Gasteiger partial charge in [-0.05, 0) is 30.2 Å². The highest BCUT2D eigenvalue weighted by Crippen LogP contribution is 2.41. The fraction of sp³-hybridized carbons (Fsp3) is 0.167. The fourth-order valence-electron chi connectivity index (χ4n) is 1.53. The molecular formula is C12H8Cl4S. The van der Waals surface area contributed by atoms with Crippen LogP contribution in [-0.2, 0) is 0 Å². The zero-order valence-electron chi connectivity index (χ0n) is 8.81. The number of thiophene rings is 1. The van der Waals surface area contributed by atoms with Crippen LogP contribution < -0.4 is 0 Å². The van der Waals surface area contributed by atoms with Crippen LogP contribution in [-0.4, -0.2) is 0 Å². The Morgan fingerprint density at radius 2 is 1.82 bits per heavy atom. The minimum absolute atomic E-state index is 0.304. The van der Waals surface area contributed by atoms with Crippen LogP contribution in [0.1, 0.15) is 22.1 Å². The summed E-state index contributed by atoms with van der Waals surface area (Å²) in [5.41, 5.74) is 2.79. The summed E-state index contributed by atoms with van der Waals surface area (Å²) in [6, 6.07) is 7.50. The number of hydrogen-bond acceptors (Lipinski definition) is 1. The van der Waals surface area contributed by atoms with Crippen molar-refractivity contribution in [2.24, 2.45) is 0 Å². The zero-order chi connectivity index (χ0) is 12.6. The molecule has 1 unspecified atom stereocenters. The van der Waals surface area contributed by atoms with Gasteiger partial charge in [-0.3, -0.25) is 0 Å². The number of hydrogen-bond donors (Lipinski definition) is 0. The van der Waals surface area contributed by atoms with E-state index >= 15 is 0 Å². The molecule has 0 saturated heterocycles. The Kier molecular flexibility index (Phi) is 4.27. The lowest BCUT2D eigenvalue weighted by molar-refractivity contribution is 1.15. The Labute approximate surface area is 124 Å². The molecule has 0 radical (unpaired) electrons. The molecule has 5 heteroatoms. The van der Waals surface area contributed by atoms with E-state index in [1.807, 2.05) is 25.1 Å². The first-order chi connectivity index (χ1) is 7.99. The first-order valence-corrected chi connectivity index (χ1v) is 7.22. The average molecular weight is 326 g/mol. The van der Waals surface area contributed by atoms with Gasteiger partial charge in [0.05, 0.1) is 14.0 Å². The SMILES string of the molecule is Cc1cc(C(Cl)c2cc(Cl)sc2Cl)ccc1Cl. The van der Waals surface area contributed by atoms with Crippen molar-refractivity contribution < 1.29 is 0 Å². The number of aryl methyl sites for hydroxylation is 1. The number of halogens is 4. The van der Waals surface area contributed by atoms with Crippen LogP contribution in [0.15, 0.2) is 24.3 Å².